The highest BCUT2D eigenvalue weighted by Crippen LogP contribution is 2.20. The summed E-state index contributed by atoms with van der Waals surface area (Å²) in [6.45, 7) is 0.399. The predicted molar refractivity (Wildman–Crippen MR) is 68.4 cm³/mol. The number of aromatic nitrogens is 1. The van der Waals surface area contributed by atoms with Crippen LogP contribution in [-0.2, 0) is 4.79 Å². The summed E-state index contributed by atoms with van der Waals surface area (Å²) in [6.07, 6.45) is 1.47. The van der Waals surface area contributed by atoms with E-state index in [1.54, 1.807) is 12.1 Å². The SMILES string of the molecule is Nc1cccnc1C(=O)N1CCSCC1C(=O)O. The molecule has 0 aromatic carbocycles. The molecule has 96 valence electrons. The molecule has 1 amide bonds. The van der Waals surface area contributed by atoms with Crippen LogP contribution in [0.2, 0.25) is 0 Å². The van der Waals surface area contributed by atoms with Gasteiger partial charge in [-0.2, -0.15) is 11.8 Å². The molecule has 1 atom stereocenters. The number of carboxylic acid groups (broad SMARTS) is 1. The van der Waals surface area contributed by atoms with Gasteiger partial charge in [0.2, 0.25) is 0 Å². The summed E-state index contributed by atoms with van der Waals surface area (Å²) in [5.74, 6) is -0.290. The number of amides is 1. The maximum Gasteiger partial charge on any atom is 0.327 e. The molecule has 7 heteroatoms. The molecule has 1 aliphatic heterocycles. The van der Waals surface area contributed by atoms with Crippen LogP contribution in [0, 0.1) is 0 Å². The molecule has 3 N–H and O–H groups in total. The van der Waals surface area contributed by atoms with Crippen LogP contribution in [0.25, 0.3) is 0 Å². The molecular weight excluding hydrogens is 254 g/mol. The number of hydrogen-bond donors (Lipinski definition) is 2. The van der Waals surface area contributed by atoms with E-state index in [1.165, 1.54) is 22.9 Å². The van der Waals surface area contributed by atoms with Crippen molar-refractivity contribution < 1.29 is 14.7 Å². The van der Waals surface area contributed by atoms with Crippen molar-refractivity contribution in [2.45, 2.75) is 6.04 Å². The summed E-state index contributed by atoms with van der Waals surface area (Å²) in [7, 11) is 0. The number of carboxylic acids is 1. The van der Waals surface area contributed by atoms with Crippen molar-refractivity contribution in [1.82, 2.24) is 9.88 Å². The molecule has 1 fully saturated rings. The second-order valence-corrected chi connectivity index (χ2v) is 5.02. The van der Waals surface area contributed by atoms with E-state index in [0.29, 0.717) is 12.3 Å². The minimum absolute atomic E-state index is 0.121. The number of hydrogen-bond acceptors (Lipinski definition) is 5. The van der Waals surface area contributed by atoms with Crippen molar-refractivity contribution in [1.29, 1.82) is 0 Å². The fourth-order valence-electron chi connectivity index (χ4n) is 1.78. The zero-order chi connectivity index (χ0) is 13.1. The van der Waals surface area contributed by atoms with Gasteiger partial charge in [-0.05, 0) is 12.1 Å². The standard InChI is InChI=1S/C11H13N3O3S/c12-7-2-1-3-13-9(7)10(15)14-4-5-18-6-8(14)11(16)17/h1-3,8H,4-6,12H2,(H,16,17). The van der Waals surface area contributed by atoms with Gasteiger partial charge in [-0.1, -0.05) is 0 Å². The first kappa shape index (κ1) is 12.7. The highest BCUT2D eigenvalue weighted by atomic mass is 32.2. The lowest BCUT2D eigenvalue weighted by Gasteiger charge is -2.32. The van der Waals surface area contributed by atoms with Gasteiger partial charge < -0.3 is 15.7 Å². The van der Waals surface area contributed by atoms with Crippen LogP contribution in [0.3, 0.4) is 0 Å². The first-order chi connectivity index (χ1) is 8.61. The number of anilines is 1. The molecular formula is C11H13N3O3S. The lowest BCUT2D eigenvalue weighted by molar-refractivity contribution is -0.141. The number of carbonyl (C=O) groups excluding carboxylic acids is 1. The number of rotatable bonds is 2. The normalized spacial score (nSPS) is 19.6. The van der Waals surface area contributed by atoms with Crippen molar-refractivity contribution in [3.63, 3.8) is 0 Å². The third kappa shape index (κ3) is 2.40. The minimum Gasteiger partial charge on any atom is -0.480 e. The van der Waals surface area contributed by atoms with Gasteiger partial charge in [0.05, 0.1) is 5.69 Å². The Hall–Kier alpha value is -1.76. The van der Waals surface area contributed by atoms with Gasteiger partial charge >= 0.3 is 5.97 Å². The highest BCUT2D eigenvalue weighted by Gasteiger charge is 2.33. The van der Waals surface area contributed by atoms with Crippen LogP contribution < -0.4 is 5.73 Å². The van der Waals surface area contributed by atoms with Crippen molar-refractivity contribution >= 4 is 29.3 Å². The van der Waals surface area contributed by atoms with Gasteiger partial charge in [-0.25, -0.2) is 9.78 Å². The quantitative estimate of drug-likeness (QED) is 0.800. The monoisotopic (exact) mass is 267 g/mol. The number of thioether (sulfide) groups is 1. The van der Waals surface area contributed by atoms with Crippen LogP contribution in [0.1, 0.15) is 10.5 Å². The van der Waals surface area contributed by atoms with Gasteiger partial charge in [-0.15, -0.1) is 0 Å². The van der Waals surface area contributed by atoms with Crippen molar-refractivity contribution in [3.05, 3.63) is 24.0 Å². The summed E-state index contributed by atoms with van der Waals surface area (Å²) < 4.78 is 0. The Morgan fingerprint density at radius 2 is 2.33 bits per heavy atom. The summed E-state index contributed by atoms with van der Waals surface area (Å²) in [4.78, 5) is 28.6. The summed E-state index contributed by atoms with van der Waals surface area (Å²) in [6, 6.07) is 2.40. The van der Waals surface area contributed by atoms with Crippen LogP contribution in [-0.4, -0.2) is 51.0 Å². The summed E-state index contributed by atoms with van der Waals surface area (Å²) in [5.41, 5.74) is 6.08. The Kier molecular flexibility index (Phi) is 3.71. The number of nitrogens with zero attached hydrogens (tertiary/aromatic N) is 2. The number of nitrogens with two attached hydrogens (primary N) is 1. The molecule has 0 bridgehead atoms. The van der Waals surface area contributed by atoms with Crippen LogP contribution >= 0.6 is 11.8 Å². The van der Waals surface area contributed by atoms with Crippen LogP contribution in [0.15, 0.2) is 18.3 Å². The molecule has 0 saturated carbocycles. The summed E-state index contributed by atoms with van der Waals surface area (Å²) >= 11 is 1.53. The average Bonchev–Trinajstić information content (AvgIpc) is 2.38. The zero-order valence-corrected chi connectivity index (χ0v) is 10.4. The van der Waals surface area contributed by atoms with Crippen molar-refractivity contribution in [2.24, 2.45) is 0 Å². The molecule has 2 heterocycles. The Labute approximate surface area is 108 Å². The van der Waals surface area contributed by atoms with E-state index >= 15 is 0 Å². The minimum atomic E-state index is -0.995. The molecule has 2 rings (SSSR count). The molecule has 1 aromatic heterocycles. The van der Waals surface area contributed by atoms with E-state index in [-0.39, 0.29) is 11.4 Å². The van der Waals surface area contributed by atoms with Gasteiger partial charge in [-0.3, -0.25) is 4.79 Å². The topological polar surface area (TPSA) is 96.5 Å². The van der Waals surface area contributed by atoms with Crippen molar-refractivity contribution in [3.8, 4) is 0 Å². The van der Waals surface area contributed by atoms with Gasteiger partial charge in [0.15, 0.2) is 5.69 Å². The Morgan fingerprint density at radius 3 is 3.00 bits per heavy atom. The Balaban J connectivity index is 2.27. The molecule has 1 aromatic rings. The predicted octanol–water partition coefficient (Wildman–Crippen LogP) is 0.306. The van der Waals surface area contributed by atoms with Crippen LogP contribution in [0.4, 0.5) is 5.69 Å². The van der Waals surface area contributed by atoms with Gasteiger partial charge in [0.25, 0.3) is 5.91 Å². The van der Waals surface area contributed by atoms with E-state index in [9.17, 15) is 9.59 Å². The highest BCUT2D eigenvalue weighted by molar-refractivity contribution is 7.99. The van der Waals surface area contributed by atoms with Gasteiger partial charge in [0, 0.05) is 24.2 Å². The molecule has 1 unspecified atom stereocenters. The number of nitrogen functional groups attached to an aromatic ring is 1. The lowest BCUT2D eigenvalue weighted by Crippen LogP contribution is -2.50. The summed E-state index contributed by atoms with van der Waals surface area (Å²) in [5, 5.41) is 9.11. The first-order valence-electron chi connectivity index (χ1n) is 5.43. The maximum atomic E-state index is 12.2. The fraction of sp³-hybridized carbons (Fsp3) is 0.364. The number of carbonyl (C=O) groups is 2. The molecule has 0 aliphatic carbocycles. The van der Waals surface area contributed by atoms with Crippen LogP contribution in [0.5, 0.6) is 0 Å². The number of aliphatic carboxylic acids is 1. The first-order valence-corrected chi connectivity index (χ1v) is 6.58. The van der Waals surface area contributed by atoms with Gasteiger partial charge in [0.1, 0.15) is 6.04 Å². The smallest absolute Gasteiger partial charge is 0.327 e. The third-order valence-electron chi connectivity index (χ3n) is 2.72. The molecule has 0 spiro atoms. The Bertz CT molecular complexity index is 480. The fourth-order valence-corrected chi connectivity index (χ4v) is 2.82. The Morgan fingerprint density at radius 1 is 1.56 bits per heavy atom. The lowest BCUT2D eigenvalue weighted by atomic mass is 10.2. The molecule has 1 aliphatic rings. The molecule has 0 radical (unpaired) electrons. The zero-order valence-electron chi connectivity index (χ0n) is 9.57. The second-order valence-electron chi connectivity index (χ2n) is 3.87. The van der Waals surface area contributed by atoms with E-state index in [1.807, 2.05) is 0 Å². The largest absolute Gasteiger partial charge is 0.480 e. The molecule has 6 nitrogen and oxygen atoms in total. The van der Waals surface area contributed by atoms with E-state index < -0.39 is 17.9 Å². The van der Waals surface area contributed by atoms with Crippen molar-refractivity contribution in [2.75, 3.05) is 23.8 Å². The van der Waals surface area contributed by atoms with E-state index in [4.69, 9.17) is 10.8 Å². The maximum absolute atomic E-state index is 12.2. The third-order valence-corrected chi connectivity index (χ3v) is 3.74. The molecule has 1 saturated heterocycles. The molecule has 18 heavy (non-hydrogen) atoms. The second kappa shape index (κ2) is 5.26. The van der Waals surface area contributed by atoms with E-state index in [2.05, 4.69) is 4.98 Å². The number of pyridine rings is 1. The van der Waals surface area contributed by atoms with E-state index in [0.717, 1.165) is 5.75 Å². The average molecular weight is 267 g/mol.